The first-order valence-electron chi connectivity index (χ1n) is 9.31. The fourth-order valence-electron chi connectivity index (χ4n) is 3.13. The molecule has 0 aromatic heterocycles. The second-order valence-electron chi connectivity index (χ2n) is 7.28. The van der Waals surface area contributed by atoms with Gasteiger partial charge in [0.25, 0.3) is 0 Å². The Morgan fingerprint density at radius 1 is 1.07 bits per heavy atom. The Hall–Kier alpha value is -2.82. The number of rotatable bonds is 7. The van der Waals surface area contributed by atoms with E-state index in [1.807, 2.05) is 68.4 Å². The number of carbonyl (C=O) groups is 2. The quantitative estimate of drug-likeness (QED) is 0.813. The predicted molar refractivity (Wildman–Crippen MR) is 105 cm³/mol. The maximum Gasteiger partial charge on any atom is 0.228 e. The number of nitrogens with zero attached hydrogens (tertiary/aromatic N) is 1. The van der Waals surface area contributed by atoms with E-state index in [0.29, 0.717) is 24.4 Å². The van der Waals surface area contributed by atoms with Crippen LogP contribution in [0.15, 0.2) is 54.6 Å². The zero-order valence-electron chi connectivity index (χ0n) is 16.0. The van der Waals surface area contributed by atoms with E-state index in [-0.39, 0.29) is 29.8 Å². The van der Waals surface area contributed by atoms with Gasteiger partial charge < -0.3 is 15.0 Å². The molecular weight excluding hydrogens is 340 g/mol. The van der Waals surface area contributed by atoms with Gasteiger partial charge in [0.05, 0.1) is 23.6 Å². The molecule has 0 aliphatic heterocycles. The van der Waals surface area contributed by atoms with Crippen LogP contribution in [0.25, 0.3) is 0 Å². The van der Waals surface area contributed by atoms with Crippen LogP contribution in [0, 0.1) is 11.8 Å². The van der Waals surface area contributed by atoms with Crippen LogP contribution in [0.1, 0.15) is 25.8 Å². The summed E-state index contributed by atoms with van der Waals surface area (Å²) in [6.45, 7) is 4.43. The number of nitrogens with one attached hydrogen (secondary N) is 1. The fourth-order valence-corrected chi connectivity index (χ4v) is 3.13. The number of hydrogen-bond donors (Lipinski definition) is 1. The van der Waals surface area contributed by atoms with E-state index >= 15 is 0 Å². The summed E-state index contributed by atoms with van der Waals surface area (Å²) >= 11 is 0. The lowest BCUT2D eigenvalue weighted by Crippen LogP contribution is -2.29. The third-order valence-electron chi connectivity index (χ3n) is 4.59. The molecule has 0 bridgehead atoms. The molecule has 2 amide bonds. The first-order valence-corrected chi connectivity index (χ1v) is 9.31. The van der Waals surface area contributed by atoms with Crippen molar-refractivity contribution in [1.29, 1.82) is 0 Å². The summed E-state index contributed by atoms with van der Waals surface area (Å²) in [4.78, 5) is 26.9. The van der Waals surface area contributed by atoms with E-state index in [1.165, 1.54) is 0 Å². The van der Waals surface area contributed by atoms with Crippen LogP contribution in [0.4, 0.5) is 5.69 Å². The maximum atomic E-state index is 12.6. The van der Waals surface area contributed by atoms with Gasteiger partial charge in [0.15, 0.2) is 0 Å². The zero-order valence-corrected chi connectivity index (χ0v) is 16.0. The van der Waals surface area contributed by atoms with Crippen LogP contribution >= 0.6 is 0 Å². The number of amides is 2. The molecule has 1 N–H and O–H groups in total. The summed E-state index contributed by atoms with van der Waals surface area (Å²) < 4.78 is 5.74. The van der Waals surface area contributed by atoms with Crippen molar-refractivity contribution in [3.63, 3.8) is 0 Å². The third kappa shape index (κ3) is 4.88. The average molecular weight is 366 g/mol. The number of hydrogen-bond acceptors (Lipinski definition) is 3. The standard InChI is InChI=1S/C22H26N2O3/c1-15(2)27-20-12-8-7-11-19(20)23-21(25)17-13-18(17)22(26)24(3)14-16-9-5-4-6-10-16/h4-12,15,17-18H,13-14H2,1-3H3,(H,23,25). The van der Waals surface area contributed by atoms with Gasteiger partial charge >= 0.3 is 0 Å². The molecule has 0 saturated heterocycles. The monoisotopic (exact) mass is 366 g/mol. The van der Waals surface area contributed by atoms with E-state index in [9.17, 15) is 9.59 Å². The first kappa shape index (κ1) is 19.0. The van der Waals surface area contributed by atoms with Crippen molar-refractivity contribution in [3.8, 4) is 5.75 Å². The first-order chi connectivity index (χ1) is 13.0. The van der Waals surface area contributed by atoms with Crippen molar-refractivity contribution in [1.82, 2.24) is 4.90 Å². The highest BCUT2D eigenvalue weighted by Gasteiger charge is 2.49. The molecule has 2 aromatic rings. The summed E-state index contributed by atoms with van der Waals surface area (Å²) in [5.41, 5.74) is 1.72. The minimum absolute atomic E-state index is 0.0185. The summed E-state index contributed by atoms with van der Waals surface area (Å²) in [6.07, 6.45) is 0.613. The number of benzene rings is 2. The van der Waals surface area contributed by atoms with Gasteiger partial charge in [0.1, 0.15) is 5.75 Å². The van der Waals surface area contributed by atoms with Gasteiger partial charge in [-0.3, -0.25) is 9.59 Å². The van der Waals surface area contributed by atoms with Crippen molar-refractivity contribution < 1.29 is 14.3 Å². The summed E-state index contributed by atoms with van der Waals surface area (Å²) in [6, 6.07) is 17.2. The minimum Gasteiger partial charge on any atom is -0.489 e. The molecule has 1 fully saturated rings. The highest BCUT2D eigenvalue weighted by molar-refractivity contribution is 6.00. The topological polar surface area (TPSA) is 58.6 Å². The van der Waals surface area contributed by atoms with E-state index < -0.39 is 0 Å². The van der Waals surface area contributed by atoms with E-state index in [4.69, 9.17) is 4.74 Å². The van der Waals surface area contributed by atoms with Gasteiger partial charge in [-0.2, -0.15) is 0 Å². The Labute approximate surface area is 160 Å². The molecule has 1 aliphatic carbocycles. The molecule has 0 spiro atoms. The number of anilines is 1. The lowest BCUT2D eigenvalue weighted by Gasteiger charge is -2.17. The van der Waals surface area contributed by atoms with Gasteiger partial charge in [-0.05, 0) is 38.0 Å². The maximum absolute atomic E-state index is 12.6. The molecular formula is C22H26N2O3. The molecule has 0 radical (unpaired) electrons. The molecule has 5 nitrogen and oxygen atoms in total. The molecule has 1 saturated carbocycles. The van der Waals surface area contributed by atoms with Crippen LogP contribution < -0.4 is 10.1 Å². The number of carbonyl (C=O) groups excluding carboxylic acids is 2. The van der Waals surface area contributed by atoms with E-state index in [0.717, 1.165) is 5.56 Å². The molecule has 2 aromatic carbocycles. The Morgan fingerprint density at radius 2 is 1.74 bits per heavy atom. The molecule has 2 unspecified atom stereocenters. The summed E-state index contributed by atoms with van der Waals surface area (Å²) in [5.74, 6) is 0.0253. The van der Waals surface area contributed by atoms with Gasteiger partial charge in [0, 0.05) is 13.6 Å². The van der Waals surface area contributed by atoms with E-state index in [1.54, 1.807) is 11.9 Å². The SMILES string of the molecule is CC(C)Oc1ccccc1NC(=O)C1CC1C(=O)N(C)Cc1ccccc1. The second kappa shape index (κ2) is 8.25. The third-order valence-corrected chi connectivity index (χ3v) is 4.59. The highest BCUT2D eigenvalue weighted by atomic mass is 16.5. The molecule has 0 heterocycles. The number of ether oxygens (including phenoxy) is 1. The fraction of sp³-hybridized carbons (Fsp3) is 0.364. The smallest absolute Gasteiger partial charge is 0.228 e. The lowest BCUT2D eigenvalue weighted by atomic mass is 10.2. The van der Waals surface area contributed by atoms with Crippen molar-refractivity contribution in [2.24, 2.45) is 11.8 Å². The molecule has 3 rings (SSSR count). The molecule has 5 heteroatoms. The van der Waals surface area contributed by atoms with Crippen molar-refractivity contribution >= 4 is 17.5 Å². The van der Waals surface area contributed by atoms with Crippen molar-refractivity contribution in [2.45, 2.75) is 32.9 Å². The van der Waals surface area contributed by atoms with Crippen LogP contribution in [0.3, 0.4) is 0 Å². The Morgan fingerprint density at radius 3 is 2.44 bits per heavy atom. The summed E-state index contributed by atoms with van der Waals surface area (Å²) in [5, 5.41) is 2.92. The zero-order chi connectivity index (χ0) is 19.4. The van der Waals surface area contributed by atoms with Gasteiger partial charge in [-0.1, -0.05) is 42.5 Å². The molecule has 1 aliphatic rings. The average Bonchev–Trinajstić information content (AvgIpc) is 3.44. The van der Waals surface area contributed by atoms with Crippen molar-refractivity contribution in [2.75, 3.05) is 12.4 Å². The molecule has 142 valence electrons. The van der Waals surface area contributed by atoms with Gasteiger partial charge in [0.2, 0.25) is 11.8 Å². The highest BCUT2D eigenvalue weighted by Crippen LogP contribution is 2.41. The van der Waals surface area contributed by atoms with Gasteiger partial charge in [-0.25, -0.2) is 0 Å². The van der Waals surface area contributed by atoms with Gasteiger partial charge in [-0.15, -0.1) is 0 Å². The normalized spacial score (nSPS) is 18.1. The Bertz CT molecular complexity index is 804. The van der Waals surface area contributed by atoms with Crippen LogP contribution in [-0.4, -0.2) is 29.9 Å². The van der Waals surface area contributed by atoms with Crippen LogP contribution in [0.5, 0.6) is 5.75 Å². The Kier molecular flexibility index (Phi) is 5.79. The minimum atomic E-state index is -0.275. The molecule has 2 atom stereocenters. The van der Waals surface area contributed by atoms with Crippen LogP contribution in [-0.2, 0) is 16.1 Å². The summed E-state index contributed by atoms with van der Waals surface area (Å²) in [7, 11) is 1.79. The lowest BCUT2D eigenvalue weighted by molar-refractivity contribution is -0.133. The van der Waals surface area contributed by atoms with E-state index in [2.05, 4.69) is 5.32 Å². The molecule has 27 heavy (non-hydrogen) atoms. The van der Waals surface area contributed by atoms with Crippen LogP contribution in [0.2, 0.25) is 0 Å². The second-order valence-corrected chi connectivity index (χ2v) is 7.28. The Balaban J connectivity index is 1.57. The largest absolute Gasteiger partial charge is 0.489 e. The predicted octanol–water partition coefficient (Wildman–Crippen LogP) is 3.71. The van der Waals surface area contributed by atoms with Crippen molar-refractivity contribution in [3.05, 3.63) is 60.2 Å². The number of para-hydroxylation sites is 2.